The Hall–Kier alpha value is -2.28. The SMILES string of the molecule is Cc1csc(C2(C(F)(F)F)Oc3ccccc3C=C2C(=O)O)c1. The Bertz CT molecular complexity index is 807. The minimum atomic E-state index is -4.93. The summed E-state index contributed by atoms with van der Waals surface area (Å²) in [6.07, 6.45) is -3.90. The number of carboxylic acids is 1. The molecule has 1 atom stereocenters. The highest BCUT2D eigenvalue weighted by molar-refractivity contribution is 7.10. The highest BCUT2D eigenvalue weighted by Gasteiger charge is 2.65. The van der Waals surface area contributed by atoms with E-state index in [9.17, 15) is 23.1 Å². The molecule has 0 saturated carbocycles. The van der Waals surface area contributed by atoms with Crippen LogP contribution in [0.25, 0.3) is 6.08 Å². The number of rotatable bonds is 2. The first-order valence-electron chi connectivity index (χ1n) is 6.61. The van der Waals surface area contributed by atoms with Gasteiger partial charge in [0.05, 0.1) is 10.5 Å². The summed E-state index contributed by atoms with van der Waals surface area (Å²) in [5.41, 5.74) is -2.93. The number of ether oxygens (including phenoxy) is 1. The Morgan fingerprint density at radius 2 is 2.00 bits per heavy atom. The molecule has 3 nitrogen and oxygen atoms in total. The van der Waals surface area contributed by atoms with Crippen LogP contribution in [0.15, 0.2) is 41.3 Å². The van der Waals surface area contributed by atoms with Crippen LogP contribution in [0.3, 0.4) is 0 Å². The van der Waals surface area contributed by atoms with Gasteiger partial charge in [-0.15, -0.1) is 11.3 Å². The average Bonchev–Trinajstić information content (AvgIpc) is 2.91. The zero-order chi connectivity index (χ0) is 16.8. The van der Waals surface area contributed by atoms with Crippen LogP contribution < -0.4 is 4.74 Å². The van der Waals surface area contributed by atoms with Crippen LogP contribution in [0.5, 0.6) is 5.75 Å². The third-order valence-corrected chi connectivity index (χ3v) is 4.72. The Labute approximate surface area is 133 Å². The van der Waals surface area contributed by atoms with Gasteiger partial charge in [0, 0.05) is 5.56 Å². The smallest absolute Gasteiger partial charge is 0.438 e. The first-order chi connectivity index (χ1) is 10.8. The van der Waals surface area contributed by atoms with Gasteiger partial charge in [-0.25, -0.2) is 4.79 Å². The molecule has 2 heterocycles. The lowest BCUT2D eigenvalue weighted by Crippen LogP contribution is -2.51. The molecule has 3 rings (SSSR count). The van der Waals surface area contributed by atoms with Crippen molar-refractivity contribution in [1.29, 1.82) is 0 Å². The van der Waals surface area contributed by atoms with Crippen molar-refractivity contribution in [2.24, 2.45) is 0 Å². The molecule has 1 aliphatic heterocycles. The highest BCUT2D eigenvalue weighted by atomic mass is 32.1. The molecule has 0 saturated heterocycles. The van der Waals surface area contributed by atoms with Crippen molar-refractivity contribution < 1.29 is 27.8 Å². The summed E-state index contributed by atoms with van der Waals surface area (Å²) in [4.78, 5) is 11.4. The van der Waals surface area contributed by atoms with Crippen molar-refractivity contribution in [3.8, 4) is 5.75 Å². The summed E-state index contributed by atoms with van der Waals surface area (Å²) in [7, 11) is 0. The van der Waals surface area contributed by atoms with E-state index in [0.717, 1.165) is 17.4 Å². The molecule has 2 aromatic rings. The van der Waals surface area contributed by atoms with Gasteiger partial charge in [0.15, 0.2) is 0 Å². The van der Waals surface area contributed by atoms with Gasteiger partial charge < -0.3 is 9.84 Å². The zero-order valence-electron chi connectivity index (χ0n) is 11.8. The van der Waals surface area contributed by atoms with Crippen molar-refractivity contribution >= 4 is 23.4 Å². The average molecular weight is 340 g/mol. The Balaban J connectivity index is 2.33. The van der Waals surface area contributed by atoms with Crippen LogP contribution in [0, 0.1) is 6.92 Å². The fraction of sp³-hybridized carbons (Fsp3) is 0.188. The Kier molecular flexibility index (Phi) is 3.48. The number of aliphatic carboxylic acids is 1. The number of benzene rings is 1. The van der Waals surface area contributed by atoms with E-state index in [0.29, 0.717) is 11.1 Å². The summed E-state index contributed by atoms with van der Waals surface area (Å²) < 4.78 is 47.2. The van der Waals surface area contributed by atoms with Gasteiger partial charge in [0.2, 0.25) is 0 Å². The Morgan fingerprint density at radius 3 is 2.57 bits per heavy atom. The van der Waals surface area contributed by atoms with Crippen LogP contribution in [0.1, 0.15) is 16.0 Å². The normalized spacial score (nSPS) is 20.4. The van der Waals surface area contributed by atoms with Crippen molar-refractivity contribution in [2.45, 2.75) is 18.7 Å². The summed E-state index contributed by atoms with van der Waals surface area (Å²) in [5.74, 6) is -1.66. The van der Waals surface area contributed by atoms with E-state index in [1.54, 1.807) is 19.1 Å². The number of hydrogen-bond donors (Lipinski definition) is 1. The molecule has 1 aromatic heterocycles. The monoisotopic (exact) mass is 340 g/mol. The number of aryl methyl sites for hydroxylation is 1. The molecule has 7 heteroatoms. The van der Waals surface area contributed by atoms with Crippen molar-refractivity contribution in [1.82, 2.24) is 0 Å². The maximum Gasteiger partial charge on any atom is 0.438 e. The summed E-state index contributed by atoms with van der Waals surface area (Å²) in [5, 5.41) is 10.9. The molecular formula is C16H11F3O3S. The van der Waals surface area contributed by atoms with Gasteiger partial charge in [0.1, 0.15) is 5.75 Å². The predicted molar refractivity (Wildman–Crippen MR) is 79.5 cm³/mol. The number of thiophene rings is 1. The lowest BCUT2D eigenvalue weighted by Gasteiger charge is -2.38. The third-order valence-electron chi connectivity index (χ3n) is 3.57. The van der Waals surface area contributed by atoms with Crippen LogP contribution in [-0.2, 0) is 10.4 Å². The number of carbonyl (C=O) groups is 1. The van der Waals surface area contributed by atoms with Gasteiger partial charge in [-0.2, -0.15) is 13.2 Å². The van der Waals surface area contributed by atoms with Gasteiger partial charge in [-0.1, -0.05) is 18.2 Å². The molecule has 0 amide bonds. The molecule has 1 N–H and O–H groups in total. The first kappa shape index (κ1) is 15.6. The predicted octanol–water partition coefficient (Wildman–Crippen LogP) is 4.37. The fourth-order valence-electron chi connectivity index (χ4n) is 2.53. The third kappa shape index (κ3) is 2.31. The standard InChI is InChI=1S/C16H11F3O3S/c1-9-6-13(23-8-9)15(16(17,18)19)11(14(20)21)7-10-4-2-3-5-12(10)22-15/h2-8H,1H3,(H,20,21). The van der Waals surface area contributed by atoms with Crippen LogP contribution in [0.2, 0.25) is 0 Å². The van der Waals surface area contributed by atoms with Crippen molar-refractivity contribution in [2.75, 3.05) is 0 Å². The molecule has 0 spiro atoms. The Morgan fingerprint density at radius 1 is 1.30 bits per heavy atom. The number of fused-ring (bicyclic) bond motifs is 1. The van der Waals surface area contributed by atoms with E-state index < -0.39 is 23.3 Å². The zero-order valence-corrected chi connectivity index (χ0v) is 12.7. The van der Waals surface area contributed by atoms with E-state index in [2.05, 4.69) is 0 Å². The molecule has 1 unspecified atom stereocenters. The minimum Gasteiger partial charge on any atom is -0.478 e. The van der Waals surface area contributed by atoms with E-state index in [1.165, 1.54) is 23.6 Å². The number of para-hydroxylation sites is 1. The van der Waals surface area contributed by atoms with Crippen molar-refractivity contribution in [3.63, 3.8) is 0 Å². The van der Waals surface area contributed by atoms with Crippen LogP contribution in [-0.4, -0.2) is 17.3 Å². The van der Waals surface area contributed by atoms with Crippen molar-refractivity contribution in [3.05, 3.63) is 57.3 Å². The summed E-state index contributed by atoms with van der Waals surface area (Å²) in [6.45, 7) is 1.64. The molecule has 0 radical (unpaired) electrons. The largest absolute Gasteiger partial charge is 0.478 e. The number of carboxylic acid groups (broad SMARTS) is 1. The molecular weight excluding hydrogens is 329 g/mol. The number of alkyl halides is 3. The van der Waals surface area contributed by atoms with Gasteiger partial charge >= 0.3 is 12.1 Å². The number of hydrogen-bond acceptors (Lipinski definition) is 3. The van der Waals surface area contributed by atoms with E-state index in [4.69, 9.17) is 4.74 Å². The van der Waals surface area contributed by atoms with Gasteiger partial charge in [-0.3, -0.25) is 0 Å². The second kappa shape index (κ2) is 5.13. The molecule has 1 aliphatic rings. The van der Waals surface area contributed by atoms with Crippen LogP contribution in [0.4, 0.5) is 13.2 Å². The van der Waals surface area contributed by atoms with Gasteiger partial charge in [0.25, 0.3) is 5.60 Å². The molecule has 0 fully saturated rings. The second-order valence-electron chi connectivity index (χ2n) is 5.17. The quantitative estimate of drug-likeness (QED) is 0.883. The maximum absolute atomic E-state index is 14.0. The van der Waals surface area contributed by atoms with E-state index in [-0.39, 0.29) is 10.6 Å². The first-order valence-corrected chi connectivity index (χ1v) is 7.49. The fourth-order valence-corrected chi connectivity index (χ4v) is 3.60. The van der Waals surface area contributed by atoms with E-state index >= 15 is 0 Å². The minimum absolute atomic E-state index is 0.000813. The molecule has 23 heavy (non-hydrogen) atoms. The highest BCUT2D eigenvalue weighted by Crippen LogP contribution is 2.53. The number of halogens is 3. The lowest BCUT2D eigenvalue weighted by atomic mass is 9.86. The molecule has 0 aliphatic carbocycles. The second-order valence-corrected chi connectivity index (χ2v) is 6.08. The molecule has 0 bridgehead atoms. The molecule has 1 aromatic carbocycles. The lowest BCUT2D eigenvalue weighted by molar-refractivity contribution is -0.239. The maximum atomic E-state index is 14.0. The van der Waals surface area contributed by atoms with E-state index in [1.807, 2.05) is 0 Å². The van der Waals surface area contributed by atoms with Crippen LogP contribution >= 0.6 is 11.3 Å². The summed E-state index contributed by atoms with van der Waals surface area (Å²) >= 11 is 0.828. The summed E-state index contributed by atoms with van der Waals surface area (Å²) in [6, 6.07) is 7.36. The molecule has 120 valence electrons. The topological polar surface area (TPSA) is 46.5 Å². The van der Waals surface area contributed by atoms with Gasteiger partial charge in [-0.05, 0) is 36.1 Å².